The summed E-state index contributed by atoms with van der Waals surface area (Å²) in [5, 5.41) is 4.12. The van der Waals surface area contributed by atoms with Crippen molar-refractivity contribution in [2.24, 2.45) is 7.05 Å². The van der Waals surface area contributed by atoms with Crippen LogP contribution >= 0.6 is 0 Å². The number of nitrogens with two attached hydrogens (primary N) is 1. The molecule has 1 aromatic carbocycles. The fourth-order valence-corrected chi connectivity index (χ4v) is 1.65. The van der Waals surface area contributed by atoms with Gasteiger partial charge in [0.05, 0.1) is 0 Å². The second kappa shape index (κ2) is 3.77. The van der Waals surface area contributed by atoms with Gasteiger partial charge < -0.3 is 5.73 Å². The van der Waals surface area contributed by atoms with Crippen molar-refractivity contribution >= 4 is 5.82 Å². The molecule has 0 atom stereocenters. The average molecular weight is 201 g/mol. The first-order valence-corrected chi connectivity index (χ1v) is 5.09. The van der Waals surface area contributed by atoms with Crippen molar-refractivity contribution < 1.29 is 0 Å². The van der Waals surface area contributed by atoms with E-state index in [4.69, 9.17) is 5.73 Å². The van der Waals surface area contributed by atoms with E-state index in [1.54, 1.807) is 4.68 Å². The molecule has 15 heavy (non-hydrogen) atoms. The lowest BCUT2D eigenvalue weighted by Crippen LogP contribution is -1.90. The molecule has 1 aromatic heterocycles. The van der Waals surface area contributed by atoms with Gasteiger partial charge in [0.25, 0.3) is 0 Å². The van der Waals surface area contributed by atoms with Crippen LogP contribution < -0.4 is 5.73 Å². The van der Waals surface area contributed by atoms with Gasteiger partial charge in [-0.1, -0.05) is 31.2 Å². The number of nitrogen functional groups attached to an aromatic ring is 1. The molecule has 0 spiro atoms. The summed E-state index contributed by atoms with van der Waals surface area (Å²) in [5.41, 5.74) is 9.27. The zero-order valence-electron chi connectivity index (χ0n) is 9.07. The van der Waals surface area contributed by atoms with E-state index in [0.717, 1.165) is 17.5 Å². The van der Waals surface area contributed by atoms with Crippen molar-refractivity contribution in [1.29, 1.82) is 0 Å². The molecule has 78 valence electrons. The van der Waals surface area contributed by atoms with Crippen molar-refractivity contribution in [3.8, 4) is 11.1 Å². The van der Waals surface area contributed by atoms with Crippen LogP contribution in [0.15, 0.2) is 30.5 Å². The van der Waals surface area contributed by atoms with Gasteiger partial charge in [-0.15, -0.1) is 0 Å². The lowest BCUT2D eigenvalue weighted by Gasteiger charge is -2.00. The van der Waals surface area contributed by atoms with Crippen molar-refractivity contribution in [1.82, 2.24) is 9.78 Å². The minimum Gasteiger partial charge on any atom is -0.382 e. The highest BCUT2D eigenvalue weighted by Crippen LogP contribution is 2.24. The SMILES string of the molecule is CCc1ccc(-c2cn(C)nc2N)cc1. The highest BCUT2D eigenvalue weighted by Gasteiger charge is 2.05. The maximum Gasteiger partial charge on any atom is 0.153 e. The van der Waals surface area contributed by atoms with Gasteiger partial charge in [0.2, 0.25) is 0 Å². The zero-order chi connectivity index (χ0) is 10.8. The molecule has 0 saturated carbocycles. The quantitative estimate of drug-likeness (QED) is 0.809. The first-order chi connectivity index (χ1) is 7.20. The van der Waals surface area contributed by atoms with Gasteiger partial charge in [-0.05, 0) is 17.5 Å². The first-order valence-electron chi connectivity index (χ1n) is 5.09. The smallest absolute Gasteiger partial charge is 0.153 e. The van der Waals surface area contributed by atoms with Crippen LogP contribution in [0.25, 0.3) is 11.1 Å². The van der Waals surface area contributed by atoms with Crippen molar-refractivity contribution in [2.45, 2.75) is 13.3 Å². The molecule has 3 heteroatoms. The minimum absolute atomic E-state index is 0.585. The highest BCUT2D eigenvalue weighted by atomic mass is 15.3. The molecule has 0 aliphatic heterocycles. The predicted molar refractivity (Wildman–Crippen MR) is 62.4 cm³/mol. The number of nitrogens with zero attached hydrogens (tertiary/aromatic N) is 2. The summed E-state index contributed by atoms with van der Waals surface area (Å²) in [5.74, 6) is 0.585. The molecule has 0 bridgehead atoms. The zero-order valence-corrected chi connectivity index (χ0v) is 9.07. The first kappa shape index (κ1) is 9.77. The monoisotopic (exact) mass is 201 g/mol. The van der Waals surface area contributed by atoms with Crippen molar-refractivity contribution in [3.63, 3.8) is 0 Å². The Labute approximate surface area is 89.5 Å². The Bertz CT molecular complexity index is 454. The fourth-order valence-electron chi connectivity index (χ4n) is 1.65. The summed E-state index contributed by atoms with van der Waals surface area (Å²) < 4.78 is 1.73. The maximum absolute atomic E-state index is 5.81. The van der Waals surface area contributed by atoms with Crippen molar-refractivity contribution in [2.75, 3.05) is 5.73 Å². The van der Waals surface area contributed by atoms with E-state index >= 15 is 0 Å². The summed E-state index contributed by atoms with van der Waals surface area (Å²) in [6.07, 6.45) is 3.00. The summed E-state index contributed by atoms with van der Waals surface area (Å²) in [6.45, 7) is 2.15. The number of rotatable bonds is 2. The Morgan fingerprint density at radius 1 is 1.27 bits per heavy atom. The number of aryl methyl sites for hydroxylation is 2. The topological polar surface area (TPSA) is 43.8 Å². The second-order valence-corrected chi connectivity index (χ2v) is 3.65. The van der Waals surface area contributed by atoms with Gasteiger partial charge >= 0.3 is 0 Å². The van der Waals surface area contributed by atoms with Gasteiger partial charge in [-0.3, -0.25) is 4.68 Å². The Hall–Kier alpha value is -1.77. The molecule has 0 amide bonds. The molecule has 0 saturated heterocycles. The molecular formula is C12H15N3. The third-order valence-corrected chi connectivity index (χ3v) is 2.53. The number of hydrogen-bond acceptors (Lipinski definition) is 2. The standard InChI is InChI=1S/C12H15N3/c1-3-9-4-6-10(7-5-9)11-8-15(2)14-12(11)13/h4-8H,3H2,1-2H3,(H2,13,14). The maximum atomic E-state index is 5.81. The predicted octanol–water partition coefficient (Wildman–Crippen LogP) is 2.23. The molecule has 2 rings (SSSR count). The number of hydrogen-bond donors (Lipinski definition) is 1. The van der Waals surface area contributed by atoms with Gasteiger partial charge in [0, 0.05) is 18.8 Å². The summed E-state index contributed by atoms with van der Waals surface area (Å²) in [6, 6.07) is 8.43. The van der Waals surface area contributed by atoms with Gasteiger partial charge in [-0.25, -0.2) is 0 Å². The van der Waals surface area contributed by atoms with Crippen LogP contribution in [0.1, 0.15) is 12.5 Å². The molecule has 2 aromatic rings. The van der Waals surface area contributed by atoms with E-state index in [9.17, 15) is 0 Å². The molecule has 0 unspecified atom stereocenters. The Balaban J connectivity index is 2.41. The van der Waals surface area contributed by atoms with Crippen LogP contribution in [0.3, 0.4) is 0 Å². The van der Waals surface area contributed by atoms with E-state index in [-0.39, 0.29) is 0 Å². The lowest BCUT2D eigenvalue weighted by molar-refractivity contribution is 0.772. The fraction of sp³-hybridized carbons (Fsp3) is 0.250. The molecule has 2 N–H and O–H groups in total. The van der Waals surface area contributed by atoms with E-state index in [2.05, 4.69) is 36.3 Å². The van der Waals surface area contributed by atoms with Crippen LogP contribution in [-0.2, 0) is 13.5 Å². The normalized spacial score (nSPS) is 10.5. The second-order valence-electron chi connectivity index (χ2n) is 3.65. The largest absolute Gasteiger partial charge is 0.382 e. The Morgan fingerprint density at radius 2 is 1.93 bits per heavy atom. The average Bonchev–Trinajstić information content (AvgIpc) is 2.58. The van der Waals surface area contributed by atoms with Crippen LogP contribution in [0.4, 0.5) is 5.82 Å². The van der Waals surface area contributed by atoms with Crippen LogP contribution in [-0.4, -0.2) is 9.78 Å². The van der Waals surface area contributed by atoms with Gasteiger partial charge in [0.15, 0.2) is 5.82 Å². The Morgan fingerprint density at radius 3 is 2.40 bits per heavy atom. The molecule has 1 heterocycles. The van der Waals surface area contributed by atoms with Crippen molar-refractivity contribution in [3.05, 3.63) is 36.0 Å². The van der Waals surface area contributed by atoms with Crippen LogP contribution in [0.5, 0.6) is 0 Å². The van der Waals surface area contributed by atoms with E-state index in [1.807, 2.05) is 13.2 Å². The molecule has 0 radical (unpaired) electrons. The third-order valence-electron chi connectivity index (χ3n) is 2.53. The number of anilines is 1. The summed E-state index contributed by atoms with van der Waals surface area (Å²) >= 11 is 0. The van der Waals surface area contributed by atoms with Gasteiger partial charge in [-0.2, -0.15) is 5.10 Å². The van der Waals surface area contributed by atoms with E-state index in [0.29, 0.717) is 5.82 Å². The molecule has 3 nitrogen and oxygen atoms in total. The lowest BCUT2D eigenvalue weighted by atomic mass is 10.1. The Kier molecular flexibility index (Phi) is 2.46. The van der Waals surface area contributed by atoms with Crippen LogP contribution in [0, 0.1) is 0 Å². The summed E-state index contributed by atoms with van der Waals surface area (Å²) in [4.78, 5) is 0. The molecule has 0 aliphatic carbocycles. The molecular weight excluding hydrogens is 186 g/mol. The van der Waals surface area contributed by atoms with Crippen LogP contribution in [0.2, 0.25) is 0 Å². The summed E-state index contributed by atoms with van der Waals surface area (Å²) in [7, 11) is 1.88. The molecule has 0 fully saturated rings. The number of aromatic nitrogens is 2. The van der Waals surface area contributed by atoms with E-state index in [1.165, 1.54) is 5.56 Å². The van der Waals surface area contributed by atoms with E-state index < -0.39 is 0 Å². The molecule has 0 aliphatic rings. The highest BCUT2D eigenvalue weighted by molar-refractivity contribution is 5.73. The number of benzene rings is 1. The minimum atomic E-state index is 0.585. The van der Waals surface area contributed by atoms with Gasteiger partial charge in [0.1, 0.15) is 0 Å². The third kappa shape index (κ3) is 1.86.